The predicted molar refractivity (Wildman–Crippen MR) is 58.4 cm³/mol. The van der Waals surface area contributed by atoms with Gasteiger partial charge in [0.05, 0.1) is 0 Å². The van der Waals surface area contributed by atoms with Gasteiger partial charge in [0.15, 0.2) is 0 Å². The Morgan fingerprint density at radius 3 is 3.00 bits per heavy atom. The van der Waals surface area contributed by atoms with E-state index in [1.54, 1.807) is 22.9 Å². The summed E-state index contributed by atoms with van der Waals surface area (Å²) in [5.74, 6) is -0.277. The molecule has 0 aliphatic carbocycles. The largest absolute Gasteiger partial charge is 0.348 e. The van der Waals surface area contributed by atoms with Gasteiger partial charge in [0.2, 0.25) is 5.91 Å². The fourth-order valence-corrected chi connectivity index (χ4v) is 1.22. The van der Waals surface area contributed by atoms with Crippen molar-refractivity contribution >= 4 is 5.91 Å². The standard InChI is InChI=1S/C11H14N2O2/c1-3-10(14)12-8-9-6-5-7-13(4-2)11(9)15/h3,5-7H,1,4,8H2,2H3,(H,12,14). The minimum Gasteiger partial charge on any atom is -0.348 e. The highest BCUT2D eigenvalue weighted by Gasteiger charge is 2.02. The molecule has 1 heterocycles. The third-order valence-corrected chi connectivity index (χ3v) is 2.08. The minimum absolute atomic E-state index is 0.0654. The molecule has 1 aromatic rings. The molecule has 0 aliphatic heterocycles. The van der Waals surface area contributed by atoms with Gasteiger partial charge in [0.1, 0.15) is 0 Å². The highest BCUT2D eigenvalue weighted by atomic mass is 16.1. The van der Waals surface area contributed by atoms with Crippen LogP contribution in [0.1, 0.15) is 12.5 Å². The van der Waals surface area contributed by atoms with E-state index >= 15 is 0 Å². The molecule has 0 spiro atoms. The second-order valence-corrected chi connectivity index (χ2v) is 3.05. The zero-order valence-corrected chi connectivity index (χ0v) is 8.69. The maximum atomic E-state index is 11.7. The summed E-state index contributed by atoms with van der Waals surface area (Å²) < 4.78 is 1.59. The molecule has 0 radical (unpaired) electrons. The Kier molecular flexibility index (Phi) is 3.85. The molecular formula is C11H14N2O2. The first-order chi connectivity index (χ1) is 7.19. The number of hydrogen-bond acceptors (Lipinski definition) is 2. The number of hydrogen-bond donors (Lipinski definition) is 1. The van der Waals surface area contributed by atoms with Crippen LogP contribution < -0.4 is 10.9 Å². The average molecular weight is 206 g/mol. The van der Waals surface area contributed by atoms with Crippen molar-refractivity contribution in [3.63, 3.8) is 0 Å². The van der Waals surface area contributed by atoms with E-state index in [0.717, 1.165) is 0 Å². The summed E-state index contributed by atoms with van der Waals surface area (Å²) >= 11 is 0. The maximum Gasteiger partial charge on any atom is 0.255 e. The highest BCUT2D eigenvalue weighted by molar-refractivity contribution is 5.86. The third-order valence-electron chi connectivity index (χ3n) is 2.08. The van der Waals surface area contributed by atoms with E-state index in [0.29, 0.717) is 12.1 Å². The van der Waals surface area contributed by atoms with Gasteiger partial charge in [-0.05, 0) is 19.1 Å². The summed E-state index contributed by atoms with van der Waals surface area (Å²) in [6.45, 7) is 6.10. The summed E-state index contributed by atoms with van der Waals surface area (Å²) in [6.07, 6.45) is 2.91. The molecule has 0 bridgehead atoms. The van der Waals surface area contributed by atoms with E-state index in [-0.39, 0.29) is 18.0 Å². The first kappa shape index (κ1) is 11.2. The number of aryl methyl sites for hydroxylation is 1. The maximum absolute atomic E-state index is 11.7. The smallest absolute Gasteiger partial charge is 0.255 e. The predicted octanol–water partition coefficient (Wildman–Crippen LogP) is 0.670. The van der Waals surface area contributed by atoms with Gasteiger partial charge in [-0.2, -0.15) is 0 Å². The lowest BCUT2D eigenvalue weighted by Crippen LogP contribution is -2.28. The van der Waals surface area contributed by atoms with Crippen LogP contribution in [0.3, 0.4) is 0 Å². The lowest BCUT2D eigenvalue weighted by Gasteiger charge is -2.05. The van der Waals surface area contributed by atoms with Gasteiger partial charge < -0.3 is 9.88 Å². The zero-order chi connectivity index (χ0) is 11.3. The van der Waals surface area contributed by atoms with Crippen molar-refractivity contribution in [1.82, 2.24) is 9.88 Å². The molecule has 0 aliphatic rings. The number of amides is 1. The Morgan fingerprint density at radius 1 is 1.67 bits per heavy atom. The Labute approximate surface area is 88.2 Å². The van der Waals surface area contributed by atoms with E-state index in [1.165, 1.54) is 6.08 Å². The number of carbonyl (C=O) groups excluding carboxylic acids is 1. The van der Waals surface area contributed by atoms with Crippen LogP contribution in [0, 0.1) is 0 Å². The SMILES string of the molecule is C=CC(=O)NCc1cccn(CC)c1=O. The molecule has 0 saturated heterocycles. The summed E-state index contributed by atoms with van der Waals surface area (Å²) in [6, 6.07) is 3.50. The Hall–Kier alpha value is -1.84. The second-order valence-electron chi connectivity index (χ2n) is 3.05. The third kappa shape index (κ3) is 2.80. The van der Waals surface area contributed by atoms with Crippen molar-refractivity contribution in [2.75, 3.05) is 0 Å². The zero-order valence-electron chi connectivity index (χ0n) is 8.69. The monoisotopic (exact) mass is 206 g/mol. The average Bonchev–Trinajstić information content (AvgIpc) is 2.27. The van der Waals surface area contributed by atoms with E-state index in [4.69, 9.17) is 0 Å². The number of nitrogens with one attached hydrogen (secondary N) is 1. The highest BCUT2D eigenvalue weighted by Crippen LogP contribution is 1.91. The van der Waals surface area contributed by atoms with Crippen LogP contribution in [0.15, 0.2) is 35.8 Å². The molecule has 4 nitrogen and oxygen atoms in total. The fourth-order valence-electron chi connectivity index (χ4n) is 1.22. The number of nitrogens with zero attached hydrogens (tertiary/aromatic N) is 1. The molecular weight excluding hydrogens is 192 g/mol. The number of carbonyl (C=O) groups is 1. The molecule has 0 saturated carbocycles. The van der Waals surface area contributed by atoms with E-state index < -0.39 is 0 Å². The summed E-state index contributed by atoms with van der Waals surface area (Å²) in [7, 11) is 0. The van der Waals surface area contributed by atoms with E-state index in [1.807, 2.05) is 6.92 Å². The van der Waals surface area contributed by atoms with Crippen molar-refractivity contribution < 1.29 is 4.79 Å². The van der Waals surface area contributed by atoms with Crippen LogP contribution in [0.4, 0.5) is 0 Å². The van der Waals surface area contributed by atoms with E-state index in [2.05, 4.69) is 11.9 Å². The molecule has 1 N–H and O–H groups in total. The molecule has 0 fully saturated rings. The van der Waals surface area contributed by atoms with Crippen molar-refractivity contribution in [3.8, 4) is 0 Å². The Morgan fingerprint density at radius 2 is 2.40 bits per heavy atom. The first-order valence-electron chi connectivity index (χ1n) is 4.77. The van der Waals surface area contributed by atoms with Crippen molar-refractivity contribution in [2.45, 2.75) is 20.0 Å². The van der Waals surface area contributed by atoms with Gasteiger partial charge in [-0.15, -0.1) is 0 Å². The molecule has 0 aromatic carbocycles. The van der Waals surface area contributed by atoms with Crippen LogP contribution in [-0.2, 0) is 17.9 Å². The minimum atomic E-state index is -0.277. The molecule has 4 heteroatoms. The van der Waals surface area contributed by atoms with Crippen molar-refractivity contribution in [3.05, 3.63) is 46.9 Å². The number of pyridine rings is 1. The molecule has 1 rings (SSSR count). The van der Waals surface area contributed by atoms with Crippen LogP contribution in [0.25, 0.3) is 0 Å². The fraction of sp³-hybridized carbons (Fsp3) is 0.273. The quantitative estimate of drug-likeness (QED) is 0.736. The van der Waals surface area contributed by atoms with Crippen LogP contribution >= 0.6 is 0 Å². The van der Waals surface area contributed by atoms with Crippen LogP contribution in [0.2, 0.25) is 0 Å². The van der Waals surface area contributed by atoms with Crippen LogP contribution in [-0.4, -0.2) is 10.5 Å². The summed E-state index contributed by atoms with van der Waals surface area (Å²) in [5.41, 5.74) is 0.513. The normalized spacial score (nSPS) is 9.67. The van der Waals surface area contributed by atoms with Gasteiger partial charge in [-0.1, -0.05) is 12.6 Å². The van der Waals surface area contributed by atoms with Crippen LogP contribution in [0.5, 0.6) is 0 Å². The Bertz CT molecular complexity index is 421. The topological polar surface area (TPSA) is 51.1 Å². The molecule has 0 unspecified atom stereocenters. The summed E-state index contributed by atoms with van der Waals surface area (Å²) in [5, 5.41) is 2.57. The molecule has 1 aromatic heterocycles. The van der Waals surface area contributed by atoms with E-state index in [9.17, 15) is 9.59 Å². The van der Waals surface area contributed by atoms with Gasteiger partial charge in [0.25, 0.3) is 5.56 Å². The second kappa shape index (κ2) is 5.14. The Balaban J connectivity index is 2.82. The lowest BCUT2D eigenvalue weighted by molar-refractivity contribution is -0.116. The number of aromatic nitrogens is 1. The van der Waals surface area contributed by atoms with Gasteiger partial charge in [-0.25, -0.2) is 0 Å². The van der Waals surface area contributed by atoms with Gasteiger partial charge >= 0.3 is 0 Å². The van der Waals surface area contributed by atoms with Crippen molar-refractivity contribution in [1.29, 1.82) is 0 Å². The molecule has 80 valence electrons. The summed E-state index contributed by atoms with van der Waals surface area (Å²) in [4.78, 5) is 22.6. The van der Waals surface area contributed by atoms with Gasteiger partial charge in [0, 0.05) is 24.8 Å². The molecule has 0 atom stereocenters. The lowest BCUT2D eigenvalue weighted by atomic mass is 10.2. The van der Waals surface area contributed by atoms with Crippen molar-refractivity contribution in [2.24, 2.45) is 0 Å². The van der Waals surface area contributed by atoms with Gasteiger partial charge in [-0.3, -0.25) is 9.59 Å². The number of rotatable bonds is 4. The molecule has 15 heavy (non-hydrogen) atoms. The first-order valence-corrected chi connectivity index (χ1v) is 4.77. The molecule has 1 amide bonds.